The van der Waals surface area contributed by atoms with E-state index in [0.29, 0.717) is 19.0 Å². The van der Waals surface area contributed by atoms with Crippen molar-refractivity contribution < 1.29 is 4.79 Å². The zero-order valence-corrected chi connectivity index (χ0v) is 15.1. The number of carbonyl (C=O) groups is 1. The van der Waals surface area contributed by atoms with Crippen molar-refractivity contribution in [2.75, 3.05) is 6.54 Å². The monoisotopic (exact) mass is 348 g/mol. The van der Waals surface area contributed by atoms with E-state index in [1.807, 2.05) is 24.4 Å². The minimum Gasteiger partial charge on any atom is -0.340 e. The number of rotatable bonds is 4. The smallest absolute Gasteiger partial charge is 0.224 e. The molecule has 1 fully saturated rings. The van der Waals surface area contributed by atoms with Gasteiger partial charge >= 0.3 is 0 Å². The Balaban J connectivity index is 1.62. The number of amides is 1. The van der Waals surface area contributed by atoms with E-state index in [0.717, 1.165) is 41.7 Å². The van der Waals surface area contributed by atoms with Gasteiger partial charge in [0.1, 0.15) is 5.65 Å². The summed E-state index contributed by atoms with van der Waals surface area (Å²) in [6, 6.07) is 10.5. The molecule has 0 aliphatic carbocycles. The summed E-state index contributed by atoms with van der Waals surface area (Å²) in [6.07, 6.45) is 9.36. The predicted molar refractivity (Wildman–Crippen MR) is 103 cm³/mol. The van der Waals surface area contributed by atoms with Gasteiger partial charge in [-0.15, -0.1) is 0 Å². The van der Waals surface area contributed by atoms with E-state index in [9.17, 15) is 4.79 Å². The van der Waals surface area contributed by atoms with Crippen molar-refractivity contribution in [3.05, 3.63) is 48.9 Å². The Morgan fingerprint density at radius 2 is 2.04 bits per heavy atom. The minimum absolute atomic E-state index is 0.246. The van der Waals surface area contributed by atoms with Crippen LogP contribution in [0.25, 0.3) is 22.3 Å². The second-order valence-electron chi connectivity index (χ2n) is 7.02. The van der Waals surface area contributed by atoms with Gasteiger partial charge in [-0.2, -0.15) is 0 Å². The molecular weight excluding hydrogens is 324 g/mol. The lowest BCUT2D eigenvalue weighted by Gasteiger charge is -2.33. The lowest BCUT2D eigenvalue weighted by Crippen LogP contribution is -2.42. The molecule has 5 heteroatoms. The van der Waals surface area contributed by atoms with Gasteiger partial charge in [-0.25, -0.2) is 4.98 Å². The average molecular weight is 348 g/mol. The van der Waals surface area contributed by atoms with Gasteiger partial charge < -0.3 is 9.47 Å². The zero-order chi connectivity index (χ0) is 17.9. The SMILES string of the molecule is CC1CCCCN1C(=O)CCn1c(-c2ccncc2)cc2cccnc21. The Morgan fingerprint density at radius 3 is 2.85 bits per heavy atom. The largest absolute Gasteiger partial charge is 0.340 e. The number of carbonyl (C=O) groups excluding carboxylic acids is 1. The van der Waals surface area contributed by atoms with Crippen LogP contribution in [-0.2, 0) is 11.3 Å². The van der Waals surface area contributed by atoms with Crippen molar-refractivity contribution in [1.29, 1.82) is 0 Å². The van der Waals surface area contributed by atoms with Gasteiger partial charge in [0, 0.05) is 55.1 Å². The van der Waals surface area contributed by atoms with Crippen molar-refractivity contribution >= 4 is 16.9 Å². The van der Waals surface area contributed by atoms with Crippen LogP contribution in [0, 0.1) is 0 Å². The first-order valence-electron chi connectivity index (χ1n) is 9.38. The van der Waals surface area contributed by atoms with Gasteiger partial charge in [-0.1, -0.05) is 0 Å². The summed E-state index contributed by atoms with van der Waals surface area (Å²) in [5, 5.41) is 1.10. The van der Waals surface area contributed by atoms with Crippen LogP contribution in [0.15, 0.2) is 48.9 Å². The van der Waals surface area contributed by atoms with E-state index in [1.165, 1.54) is 6.42 Å². The van der Waals surface area contributed by atoms with Crippen LogP contribution in [0.5, 0.6) is 0 Å². The second-order valence-corrected chi connectivity index (χ2v) is 7.02. The van der Waals surface area contributed by atoms with E-state index in [4.69, 9.17) is 0 Å². The maximum absolute atomic E-state index is 12.8. The number of likely N-dealkylation sites (tertiary alicyclic amines) is 1. The first-order valence-corrected chi connectivity index (χ1v) is 9.38. The van der Waals surface area contributed by atoms with E-state index in [1.54, 1.807) is 12.4 Å². The second kappa shape index (κ2) is 7.28. The summed E-state index contributed by atoms with van der Waals surface area (Å²) in [6.45, 7) is 3.69. The molecule has 0 aromatic carbocycles. The summed E-state index contributed by atoms with van der Waals surface area (Å²) >= 11 is 0. The highest BCUT2D eigenvalue weighted by atomic mass is 16.2. The Labute approximate surface area is 153 Å². The standard InChI is InChI=1S/C21H24N4O/c1-16-5-2-3-13-24(16)20(26)9-14-25-19(17-7-11-22-12-8-17)15-18-6-4-10-23-21(18)25/h4,6-8,10-12,15-16H,2-3,5,9,13-14H2,1H3. The van der Waals surface area contributed by atoms with Gasteiger partial charge in [0.05, 0.1) is 5.69 Å². The number of piperidine rings is 1. The Morgan fingerprint density at radius 1 is 1.19 bits per heavy atom. The molecule has 0 N–H and O–H groups in total. The van der Waals surface area contributed by atoms with E-state index < -0.39 is 0 Å². The highest BCUT2D eigenvalue weighted by Crippen LogP contribution is 2.27. The summed E-state index contributed by atoms with van der Waals surface area (Å²) in [4.78, 5) is 23.5. The summed E-state index contributed by atoms with van der Waals surface area (Å²) in [5.41, 5.74) is 3.11. The predicted octanol–water partition coefficient (Wildman–Crippen LogP) is 3.89. The van der Waals surface area contributed by atoms with Crippen molar-refractivity contribution in [3.63, 3.8) is 0 Å². The normalized spacial score (nSPS) is 17.6. The Hall–Kier alpha value is -2.69. The summed E-state index contributed by atoms with van der Waals surface area (Å²) < 4.78 is 2.16. The molecule has 3 aromatic heterocycles. The number of fused-ring (bicyclic) bond motifs is 1. The molecule has 26 heavy (non-hydrogen) atoms. The van der Waals surface area contributed by atoms with Gasteiger partial charge in [0.2, 0.25) is 5.91 Å². The fourth-order valence-corrected chi connectivity index (χ4v) is 3.89. The Bertz CT molecular complexity index is 903. The van der Waals surface area contributed by atoms with Crippen LogP contribution in [0.1, 0.15) is 32.6 Å². The van der Waals surface area contributed by atoms with E-state index in [2.05, 4.69) is 38.5 Å². The van der Waals surface area contributed by atoms with Gasteiger partial charge in [-0.3, -0.25) is 9.78 Å². The third-order valence-electron chi connectivity index (χ3n) is 5.30. The van der Waals surface area contributed by atoms with Crippen LogP contribution < -0.4 is 0 Å². The highest BCUT2D eigenvalue weighted by Gasteiger charge is 2.23. The van der Waals surface area contributed by atoms with Gasteiger partial charge in [0.25, 0.3) is 0 Å². The average Bonchev–Trinajstić information content (AvgIpc) is 3.06. The quantitative estimate of drug-likeness (QED) is 0.719. The molecule has 0 spiro atoms. The number of nitrogens with zero attached hydrogens (tertiary/aromatic N) is 4. The molecule has 0 saturated carbocycles. The molecule has 4 heterocycles. The lowest BCUT2D eigenvalue weighted by molar-refractivity contribution is -0.134. The molecule has 1 aliphatic rings. The van der Waals surface area contributed by atoms with E-state index >= 15 is 0 Å². The lowest BCUT2D eigenvalue weighted by atomic mass is 10.0. The number of hydrogen-bond acceptors (Lipinski definition) is 3. The maximum atomic E-state index is 12.8. The van der Waals surface area contributed by atoms with Gasteiger partial charge in [-0.05, 0) is 56.5 Å². The fourth-order valence-electron chi connectivity index (χ4n) is 3.89. The van der Waals surface area contributed by atoms with E-state index in [-0.39, 0.29) is 5.91 Å². The molecule has 3 aromatic rings. The topological polar surface area (TPSA) is 51.0 Å². The van der Waals surface area contributed by atoms with Crippen molar-refractivity contribution in [2.24, 2.45) is 0 Å². The number of pyridine rings is 2. The number of aromatic nitrogens is 3. The molecule has 1 atom stereocenters. The number of hydrogen-bond donors (Lipinski definition) is 0. The first-order chi connectivity index (χ1) is 12.7. The van der Waals surface area contributed by atoms with Crippen molar-refractivity contribution in [2.45, 2.75) is 45.2 Å². The molecular formula is C21H24N4O. The van der Waals surface area contributed by atoms with Crippen LogP contribution >= 0.6 is 0 Å². The van der Waals surface area contributed by atoms with Gasteiger partial charge in [0.15, 0.2) is 0 Å². The van der Waals surface area contributed by atoms with Crippen LogP contribution in [0.4, 0.5) is 0 Å². The molecule has 1 saturated heterocycles. The summed E-state index contributed by atoms with van der Waals surface area (Å²) in [7, 11) is 0. The van der Waals surface area contributed by atoms with Crippen LogP contribution in [-0.4, -0.2) is 37.9 Å². The molecule has 1 amide bonds. The zero-order valence-electron chi connectivity index (χ0n) is 15.1. The Kier molecular flexibility index (Phi) is 4.69. The van der Waals surface area contributed by atoms with Crippen LogP contribution in [0.2, 0.25) is 0 Å². The molecule has 134 valence electrons. The minimum atomic E-state index is 0.246. The first kappa shape index (κ1) is 16.8. The van der Waals surface area contributed by atoms with Crippen LogP contribution in [0.3, 0.4) is 0 Å². The summed E-state index contributed by atoms with van der Waals surface area (Å²) in [5.74, 6) is 0.246. The molecule has 0 bridgehead atoms. The molecule has 4 rings (SSSR count). The molecule has 0 radical (unpaired) electrons. The van der Waals surface area contributed by atoms with Crippen molar-refractivity contribution in [3.8, 4) is 11.3 Å². The third-order valence-corrected chi connectivity index (χ3v) is 5.30. The molecule has 1 unspecified atom stereocenters. The molecule has 5 nitrogen and oxygen atoms in total. The maximum Gasteiger partial charge on any atom is 0.224 e. The highest BCUT2D eigenvalue weighted by molar-refractivity contribution is 5.84. The molecule has 1 aliphatic heterocycles. The fraction of sp³-hybridized carbons (Fsp3) is 0.381. The number of aryl methyl sites for hydroxylation is 1. The third kappa shape index (κ3) is 3.21. The van der Waals surface area contributed by atoms with Crippen molar-refractivity contribution in [1.82, 2.24) is 19.4 Å².